The molecule has 94 valence electrons. The number of ether oxygens (including phenoxy) is 1. The van der Waals surface area contributed by atoms with Gasteiger partial charge >= 0.3 is 0 Å². The second-order valence-corrected chi connectivity index (χ2v) is 4.47. The van der Waals surface area contributed by atoms with Gasteiger partial charge in [-0.25, -0.2) is 4.39 Å². The summed E-state index contributed by atoms with van der Waals surface area (Å²) >= 11 is 0. The molecule has 0 saturated carbocycles. The summed E-state index contributed by atoms with van der Waals surface area (Å²) in [5.41, 5.74) is 7.30. The van der Waals surface area contributed by atoms with Crippen LogP contribution in [0.5, 0.6) is 0 Å². The SMILES string of the molecule is COC1CCCN(c2cc(F)cc(CN)c2)C1. The molecule has 1 fully saturated rings. The molecule has 0 aromatic heterocycles. The van der Waals surface area contributed by atoms with Crippen molar-refractivity contribution in [3.63, 3.8) is 0 Å². The number of nitrogens with zero attached hydrogens (tertiary/aromatic N) is 1. The molecule has 0 radical (unpaired) electrons. The molecule has 1 saturated heterocycles. The third-order valence-corrected chi connectivity index (χ3v) is 3.25. The van der Waals surface area contributed by atoms with Crippen molar-refractivity contribution in [3.05, 3.63) is 29.6 Å². The van der Waals surface area contributed by atoms with E-state index in [-0.39, 0.29) is 11.9 Å². The van der Waals surface area contributed by atoms with Crippen LogP contribution >= 0.6 is 0 Å². The van der Waals surface area contributed by atoms with Crippen molar-refractivity contribution in [3.8, 4) is 0 Å². The fraction of sp³-hybridized carbons (Fsp3) is 0.538. The Bertz CT molecular complexity index is 384. The van der Waals surface area contributed by atoms with Crippen molar-refractivity contribution in [1.82, 2.24) is 0 Å². The first-order valence-corrected chi connectivity index (χ1v) is 6.00. The third-order valence-electron chi connectivity index (χ3n) is 3.25. The summed E-state index contributed by atoms with van der Waals surface area (Å²) in [7, 11) is 1.73. The van der Waals surface area contributed by atoms with Crippen LogP contribution in [-0.2, 0) is 11.3 Å². The molecule has 2 N–H and O–H groups in total. The molecular formula is C13H19FN2O. The average Bonchev–Trinajstić information content (AvgIpc) is 2.38. The largest absolute Gasteiger partial charge is 0.380 e. The molecule has 3 nitrogen and oxygen atoms in total. The molecule has 1 aliphatic rings. The molecule has 1 aliphatic heterocycles. The van der Waals surface area contributed by atoms with Crippen molar-refractivity contribution in [2.24, 2.45) is 5.73 Å². The molecule has 1 aromatic carbocycles. The summed E-state index contributed by atoms with van der Waals surface area (Å²) in [5, 5.41) is 0. The number of benzene rings is 1. The van der Waals surface area contributed by atoms with Crippen LogP contribution in [0.2, 0.25) is 0 Å². The van der Waals surface area contributed by atoms with Gasteiger partial charge in [-0.05, 0) is 36.6 Å². The van der Waals surface area contributed by atoms with E-state index in [9.17, 15) is 4.39 Å². The Kier molecular flexibility index (Phi) is 3.97. The van der Waals surface area contributed by atoms with Gasteiger partial charge in [-0.15, -0.1) is 0 Å². The van der Waals surface area contributed by atoms with Crippen LogP contribution in [0.25, 0.3) is 0 Å². The number of methoxy groups -OCH3 is 1. The van der Waals surface area contributed by atoms with Gasteiger partial charge in [-0.2, -0.15) is 0 Å². The summed E-state index contributed by atoms with van der Waals surface area (Å²) in [5.74, 6) is -0.220. The molecule has 2 rings (SSSR count). The molecule has 1 unspecified atom stereocenters. The minimum absolute atomic E-state index is 0.220. The second kappa shape index (κ2) is 5.47. The number of halogens is 1. The summed E-state index contributed by atoms with van der Waals surface area (Å²) in [6.45, 7) is 2.14. The van der Waals surface area contributed by atoms with Gasteiger partial charge in [-0.3, -0.25) is 0 Å². The Labute approximate surface area is 101 Å². The highest BCUT2D eigenvalue weighted by atomic mass is 19.1. The first-order valence-electron chi connectivity index (χ1n) is 6.00. The fourth-order valence-corrected chi connectivity index (χ4v) is 2.30. The second-order valence-electron chi connectivity index (χ2n) is 4.47. The van der Waals surface area contributed by atoms with E-state index >= 15 is 0 Å². The molecule has 4 heteroatoms. The van der Waals surface area contributed by atoms with E-state index in [1.165, 1.54) is 6.07 Å². The lowest BCUT2D eigenvalue weighted by Crippen LogP contribution is -2.39. The van der Waals surface area contributed by atoms with Crippen LogP contribution in [-0.4, -0.2) is 26.3 Å². The van der Waals surface area contributed by atoms with Crippen molar-refractivity contribution < 1.29 is 9.13 Å². The molecule has 1 heterocycles. The van der Waals surface area contributed by atoms with Gasteiger partial charge < -0.3 is 15.4 Å². The highest BCUT2D eigenvalue weighted by Gasteiger charge is 2.20. The summed E-state index contributed by atoms with van der Waals surface area (Å²) in [4.78, 5) is 2.17. The lowest BCUT2D eigenvalue weighted by atomic mass is 10.1. The monoisotopic (exact) mass is 238 g/mol. The maximum absolute atomic E-state index is 13.4. The van der Waals surface area contributed by atoms with Crippen LogP contribution in [0.3, 0.4) is 0 Å². The van der Waals surface area contributed by atoms with Crippen molar-refractivity contribution >= 4 is 5.69 Å². The zero-order chi connectivity index (χ0) is 12.3. The molecule has 17 heavy (non-hydrogen) atoms. The number of nitrogens with two attached hydrogens (primary N) is 1. The molecule has 1 aromatic rings. The molecule has 0 aliphatic carbocycles. The minimum Gasteiger partial charge on any atom is -0.380 e. The minimum atomic E-state index is -0.220. The van der Waals surface area contributed by atoms with Crippen LogP contribution in [0.1, 0.15) is 18.4 Å². The maximum atomic E-state index is 13.4. The van der Waals surface area contributed by atoms with E-state index in [0.29, 0.717) is 6.54 Å². The Hall–Kier alpha value is -1.13. The first-order chi connectivity index (χ1) is 8.22. The number of hydrogen-bond donors (Lipinski definition) is 1. The highest BCUT2D eigenvalue weighted by molar-refractivity contribution is 5.49. The van der Waals surface area contributed by atoms with Gasteiger partial charge in [0, 0.05) is 32.4 Å². The van der Waals surface area contributed by atoms with E-state index in [2.05, 4.69) is 4.90 Å². The number of rotatable bonds is 3. The lowest BCUT2D eigenvalue weighted by molar-refractivity contribution is 0.0893. The number of hydrogen-bond acceptors (Lipinski definition) is 3. The molecule has 0 bridgehead atoms. The first kappa shape index (κ1) is 12.3. The predicted octanol–water partition coefficient (Wildman–Crippen LogP) is 1.90. The Morgan fingerprint density at radius 2 is 2.29 bits per heavy atom. The molecule has 0 amide bonds. The summed E-state index contributed by atoms with van der Waals surface area (Å²) < 4.78 is 18.8. The maximum Gasteiger partial charge on any atom is 0.125 e. The van der Waals surface area contributed by atoms with Gasteiger partial charge in [0.2, 0.25) is 0 Å². The van der Waals surface area contributed by atoms with E-state index in [1.54, 1.807) is 13.2 Å². The zero-order valence-electron chi connectivity index (χ0n) is 10.2. The third kappa shape index (κ3) is 2.96. The van der Waals surface area contributed by atoms with E-state index in [4.69, 9.17) is 10.5 Å². The topological polar surface area (TPSA) is 38.5 Å². The Morgan fingerprint density at radius 1 is 1.47 bits per heavy atom. The standard InChI is InChI=1S/C13H19FN2O/c1-17-13-3-2-4-16(9-13)12-6-10(8-15)5-11(14)7-12/h5-7,13H,2-4,8-9,15H2,1H3. The summed E-state index contributed by atoms with van der Waals surface area (Å²) in [6.07, 6.45) is 2.40. The molecule has 1 atom stereocenters. The Morgan fingerprint density at radius 3 is 3.00 bits per heavy atom. The van der Waals surface area contributed by atoms with E-state index in [1.807, 2.05) is 6.07 Å². The van der Waals surface area contributed by atoms with Crippen molar-refractivity contribution in [2.75, 3.05) is 25.1 Å². The number of anilines is 1. The van der Waals surface area contributed by atoms with Crippen LogP contribution < -0.4 is 10.6 Å². The predicted molar refractivity (Wildman–Crippen MR) is 66.5 cm³/mol. The van der Waals surface area contributed by atoms with Crippen molar-refractivity contribution in [1.29, 1.82) is 0 Å². The van der Waals surface area contributed by atoms with Crippen molar-refractivity contribution in [2.45, 2.75) is 25.5 Å². The lowest BCUT2D eigenvalue weighted by Gasteiger charge is -2.33. The van der Waals surface area contributed by atoms with Crippen LogP contribution in [0.15, 0.2) is 18.2 Å². The average molecular weight is 238 g/mol. The molecule has 0 spiro atoms. The van der Waals surface area contributed by atoms with Gasteiger partial charge in [-0.1, -0.05) is 0 Å². The number of piperidine rings is 1. The van der Waals surface area contributed by atoms with E-state index < -0.39 is 0 Å². The smallest absolute Gasteiger partial charge is 0.125 e. The zero-order valence-corrected chi connectivity index (χ0v) is 10.2. The van der Waals surface area contributed by atoms with Gasteiger partial charge in [0.1, 0.15) is 5.82 Å². The summed E-state index contributed by atoms with van der Waals surface area (Å²) in [6, 6.07) is 5.01. The Balaban J connectivity index is 2.18. The van der Waals surface area contributed by atoms with Crippen LogP contribution in [0, 0.1) is 5.82 Å². The quantitative estimate of drug-likeness (QED) is 0.874. The highest BCUT2D eigenvalue weighted by Crippen LogP contribution is 2.23. The van der Waals surface area contributed by atoms with Crippen LogP contribution in [0.4, 0.5) is 10.1 Å². The normalized spacial score (nSPS) is 20.6. The van der Waals surface area contributed by atoms with Gasteiger partial charge in [0.05, 0.1) is 6.10 Å². The fourth-order valence-electron chi connectivity index (χ4n) is 2.30. The molecular weight excluding hydrogens is 219 g/mol. The van der Waals surface area contributed by atoms with Gasteiger partial charge in [0.25, 0.3) is 0 Å². The van der Waals surface area contributed by atoms with E-state index in [0.717, 1.165) is 37.2 Å². The van der Waals surface area contributed by atoms with Gasteiger partial charge in [0.15, 0.2) is 0 Å².